The Labute approximate surface area is 178 Å². The lowest BCUT2D eigenvalue weighted by Crippen LogP contribution is -2.15. The molecule has 0 aliphatic rings. The van der Waals surface area contributed by atoms with Gasteiger partial charge in [0.05, 0.1) is 5.56 Å². The van der Waals surface area contributed by atoms with Crippen LogP contribution in [0.15, 0.2) is 78.9 Å². The van der Waals surface area contributed by atoms with Gasteiger partial charge in [-0.1, -0.05) is 18.2 Å². The molecule has 7 heteroatoms. The molecule has 1 amide bonds. The molecule has 0 aliphatic heterocycles. The maximum atomic E-state index is 12.2. The normalized spacial score (nSPS) is 10.1. The SMILES string of the molecule is CC(=O)Oc1ccc(C(=O)COC(=O)c2ccc(NC(=O)c3ccccc3)cc2)cc1. The van der Waals surface area contributed by atoms with Gasteiger partial charge in [-0.15, -0.1) is 0 Å². The molecule has 0 spiro atoms. The fraction of sp³-hybridized carbons (Fsp3) is 0.0833. The molecule has 0 saturated heterocycles. The zero-order valence-electron chi connectivity index (χ0n) is 16.7. The Kier molecular flexibility index (Phi) is 6.90. The lowest BCUT2D eigenvalue weighted by Gasteiger charge is -2.07. The smallest absolute Gasteiger partial charge is 0.338 e. The van der Waals surface area contributed by atoms with Crippen molar-refractivity contribution in [2.45, 2.75) is 6.92 Å². The van der Waals surface area contributed by atoms with Crippen LogP contribution in [0.3, 0.4) is 0 Å². The van der Waals surface area contributed by atoms with E-state index in [1.165, 1.54) is 43.3 Å². The van der Waals surface area contributed by atoms with Gasteiger partial charge in [-0.2, -0.15) is 0 Å². The van der Waals surface area contributed by atoms with Crippen molar-refractivity contribution in [3.8, 4) is 5.75 Å². The number of carbonyl (C=O) groups excluding carboxylic acids is 4. The molecule has 1 N–H and O–H groups in total. The van der Waals surface area contributed by atoms with Crippen molar-refractivity contribution in [2.24, 2.45) is 0 Å². The van der Waals surface area contributed by atoms with Crippen molar-refractivity contribution in [1.82, 2.24) is 0 Å². The topological polar surface area (TPSA) is 98.8 Å². The molecule has 156 valence electrons. The first kappa shape index (κ1) is 21.4. The van der Waals surface area contributed by atoms with Crippen LogP contribution in [0, 0.1) is 0 Å². The third-order valence-corrected chi connectivity index (χ3v) is 4.19. The van der Waals surface area contributed by atoms with Crippen LogP contribution in [0.2, 0.25) is 0 Å². The average molecular weight is 417 g/mol. The van der Waals surface area contributed by atoms with Crippen LogP contribution in [0.4, 0.5) is 5.69 Å². The van der Waals surface area contributed by atoms with E-state index in [4.69, 9.17) is 9.47 Å². The summed E-state index contributed by atoms with van der Waals surface area (Å²) in [4.78, 5) is 47.5. The summed E-state index contributed by atoms with van der Waals surface area (Å²) in [5, 5.41) is 2.74. The number of ether oxygens (including phenoxy) is 2. The second kappa shape index (κ2) is 9.98. The van der Waals surface area contributed by atoms with Crippen LogP contribution < -0.4 is 10.1 Å². The third-order valence-electron chi connectivity index (χ3n) is 4.19. The Morgan fingerprint density at radius 3 is 1.97 bits per heavy atom. The van der Waals surface area contributed by atoms with Crippen LogP contribution in [-0.2, 0) is 9.53 Å². The number of hydrogen-bond acceptors (Lipinski definition) is 6. The standard InChI is InChI=1S/C24H19NO6/c1-16(26)31-21-13-9-17(10-14-21)22(27)15-30-24(29)19-7-11-20(12-8-19)25-23(28)18-5-3-2-4-6-18/h2-14H,15H2,1H3,(H,25,28). The number of carbonyl (C=O) groups is 4. The monoisotopic (exact) mass is 417 g/mol. The van der Waals surface area contributed by atoms with E-state index in [0.29, 0.717) is 22.6 Å². The Morgan fingerprint density at radius 2 is 1.35 bits per heavy atom. The van der Waals surface area contributed by atoms with E-state index in [1.54, 1.807) is 36.4 Å². The van der Waals surface area contributed by atoms with E-state index in [2.05, 4.69) is 5.32 Å². The van der Waals surface area contributed by atoms with Gasteiger partial charge in [0.15, 0.2) is 12.4 Å². The van der Waals surface area contributed by atoms with Crippen LogP contribution in [0.5, 0.6) is 5.75 Å². The molecule has 0 atom stereocenters. The molecule has 0 fully saturated rings. The first-order chi connectivity index (χ1) is 14.9. The van der Waals surface area contributed by atoms with Crippen molar-refractivity contribution in [3.05, 3.63) is 95.6 Å². The van der Waals surface area contributed by atoms with Crippen molar-refractivity contribution >= 4 is 29.3 Å². The molecule has 0 aliphatic carbocycles. The largest absolute Gasteiger partial charge is 0.454 e. The molecular weight excluding hydrogens is 398 g/mol. The van der Waals surface area contributed by atoms with E-state index in [0.717, 1.165) is 0 Å². The average Bonchev–Trinajstić information content (AvgIpc) is 2.78. The molecule has 0 aromatic heterocycles. The van der Waals surface area contributed by atoms with Gasteiger partial charge < -0.3 is 14.8 Å². The summed E-state index contributed by atoms with van der Waals surface area (Å²) >= 11 is 0. The predicted molar refractivity (Wildman–Crippen MR) is 113 cm³/mol. The minimum Gasteiger partial charge on any atom is -0.454 e. The lowest BCUT2D eigenvalue weighted by molar-refractivity contribution is -0.131. The summed E-state index contributed by atoms with van der Waals surface area (Å²) in [7, 11) is 0. The van der Waals surface area contributed by atoms with Gasteiger partial charge in [-0.3, -0.25) is 14.4 Å². The first-order valence-corrected chi connectivity index (χ1v) is 9.37. The molecule has 0 radical (unpaired) electrons. The summed E-state index contributed by atoms with van der Waals surface area (Å²) in [6.45, 7) is 0.848. The molecular formula is C24H19NO6. The Morgan fingerprint density at radius 1 is 0.742 bits per heavy atom. The number of amides is 1. The van der Waals surface area contributed by atoms with Gasteiger partial charge in [0.2, 0.25) is 0 Å². The predicted octanol–water partition coefficient (Wildman–Crippen LogP) is 3.90. The van der Waals surface area contributed by atoms with Gasteiger partial charge in [0.1, 0.15) is 5.75 Å². The highest BCUT2D eigenvalue weighted by molar-refractivity contribution is 6.04. The molecule has 0 bridgehead atoms. The van der Waals surface area contributed by atoms with E-state index in [1.807, 2.05) is 6.07 Å². The Hall–Kier alpha value is -4.26. The molecule has 31 heavy (non-hydrogen) atoms. The summed E-state index contributed by atoms with van der Waals surface area (Å²) in [6.07, 6.45) is 0. The minimum atomic E-state index is -0.661. The molecule has 3 aromatic rings. The Bertz CT molecular complexity index is 1090. The van der Waals surface area contributed by atoms with Gasteiger partial charge in [0, 0.05) is 23.7 Å². The molecule has 3 aromatic carbocycles. The van der Waals surface area contributed by atoms with E-state index >= 15 is 0 Å². The van der Waals surface area contributed by atoms with Crippen LogP contribution in [0.1, 0.15) is 38.0 Å². The van der Waals surface area contributed by atoms with Gasteiger partial charge >= 0.3 is 11.9 Å². The van der Waals surface area contributed by atoms with Gasteiger partial charge in [-0.25, -0.2) is 4.79 Å². The number of benzene rings is 3. The first-order valence-electron chi connectivity index (χ1n) is 9.37. The van der Waals surface area contributed by atoms with Crippen molar-refractivity contribution in [3.63, 3.8) is 0 Å². The van der Waals surface area contributed by atoms with E-state index in [9.17, 15) is 19.2 Å². The highest BCUT2D eigenvalue weighted by Crippen LogP contribution is 2.15. The van der Waals surface area contributed by atoms with E-state index in [-0.39, 0.29) is 11.5 Å². The highest BCUT2D eigenvalue weighted by Gasteiger charge is 2.13. The summed E-state index contributed by atoms with van der Waals surface area (Å²) in [5.74, 6) is -1.46. The molecule has 0 saturated carbocycles. The number of anilines is 1. The number of ketones is 1. The summed E-state index contributed by atoms with van der Waals surface area (Å²) < 4.78 is 9.97. The number of rotatable bonds is 7. The quantitative estimate of drug-likeness (QED) is 0.356. The van der Waals surface area contributed by atoms with Gasteiger partial charge in [0.25, 0.3) is 5.91 Å². The fourth-order valence-corrected chi connectivity index (χ4v) is 2.66. The highest BCUT2D eigenvalue weighted by atomic mass is 16.5. The van der Waals surface area contributed by atoms with Crippen LogP contribution in [-0.4, -0.2) is 30.2 Å². The van der Waals surface area contributed by atoms with Crippen molar-refractivity contribution < 1.29 is 28.7 Å². The molecule has 3 rings (SSSR count). The molecule has 0 heterocycles. The van der Waals surface area contributed by atoms with Crippen LogP contribution >= 0.6 is 0 Å². The second-order valence-corrected chi connectivity index (χ2v) is 6.51. The second-order valence-electron chi connectivity index (χ2n) is 6.51. The van der Waals surface area contributed by atoms with Crippen molar-refractivity contribution in [1.29, 1.82) is 0 Å². The lowest BCUT2D eigenvalue weighted by atomic mass is 10.1. The maximum absolute atomic E-state index is 12.2. The zero-order valence-corrected chi connectivity index (χ0v) is 16.7. The number of hydrogen-bond donors (Lipinski definition) is 1. The zero-order chi connectivity index (χ0) is 22.2. The molecule has 7 nitrogen and oxygen atoms in total. The van der Waals surface area contributed by atoms with Gasteiger partial charge in [-0.05, 0) is 60.7 Å². The summed E-state index contributed by atoms with van der Waals surface area (Å²) in [5.41, 5.74) is 1.61. The number of esters is 2. The van der Waals surface area contributed by atoms with Crippen molar-refractivity contribution in [2.75, 3.05) is 11.9 Å². The minimum absolute atomic E-state index is 0.246. The summed E-state index contributed by atoms with van der Waals surface area (Å²) in [6, 6.07) is 20.8. The number of Topliss-reactive ketones (excluding diaryl/α,β-unsaturated/α-hetero) is 1. The van der Waals surface area contributed by atoms with E-state index < -0.39 is 24.3 Å². The fourth-order valence-electron chi connectivity index (χ4n) is 2.66. The molecule has 0 unspecified atom stereocenters. The maximum Gasteiger partial charge on any atom is 0.338 e. The Balaban J connectivity index is 1.53. The third kappa shape index (κ3) is 6.11. The number of nitrogens with one attached hydrogen (secondary N) is 1. The van der Waals surface area contributed by atoms with Crippen LogP contribution in [0.25, 0.3) is 0 Å².